The molecule has 0 aliphatic heterocycles. The minimum atomic E-state index is -0.391. The van der Waals surface area contributed by atoms with Crippen molar-refractivity contribution in [2.75, 3.05) is 5.73 Å². The lowest BCUT2D eigenvalue weighted by Crippen LogP contribution is -2.07. The fraction of sp³-hybridized carbons (Fsp3) is 0.300. The van der Waals surface area contributed by atoms with Gasteiger partial charge in [-0.1, -0.05) is 0 Å². The molecular formula is C10H12N4O2S. The maximum absolute atomic E-state index is 11.7. The summed E-state index contributed by atoms with van der Waals surface area (Å²) in [5.41, 5.74) is 6.28. The molecule has 2 rings (SSSR count). The van der Waals surface area contributed by atoms with Crippen LogP contribution in [0.25, 0.3) is 0 Å². The van der Waals surface area contributed by atoms with Crippen molar-refractivity contribution in [3.8, 4) is 0 Å². The summed E-state index contributed by atoms with van der Waals surface area (Å²) in [7, 11) is 1.74. The van der Waals surface area contributed by atoms with Crippen molar-refractivity contribution in [3.05, 3.63) is 28.0 Å². The molecule has 17 heavy (non-hydrogen) atoms. The third kappa shape index (κ3) is 2.44. The highest BCUT2D eigenvalue weighted by Gasteiger charge is 2.13. The smallest absolute Gasteiger partial charge is 0.348 e. The van der Waals surface area contributed by atoms with Crippen LogP contribution in [0, 0.1) is 6.92 Å². The van der Waals surface area contributed by atoms with Gasteiger partial charge in [0, 0.05) is 17.6 Å². The summed E-state index contributed by atoms with van der Waals surface area (Å²) in [6, 6.07) is 1.62. The molecule has 6 nitrogen and oxygen atoms in total. The van der Waals surface area contributed by atoms with Crippen LogP contribution in [0.5, 0.6) is 0 Å². The summed E-state index contributed by atoms with van der Waals surface area (Å²) in [5.74, 6) is 0.206. The molecule has 0 aliphatic rings. The lowest BCUT2D eigenvalue weighted by molar-refractivity contribution is 0.0464. The fourth-order valence-corrected chi connectivity index (χ4v) is 2.08. The van der Waals surface area contributed by atoms with Gasteiger partial charge in [-0.2, -0.15) is 5.10 Å². The van der Waals surface area contributed by atoms with Crippen molar-refractivity contribution in [3.63, 3.8) is 0 Å². The Kier molecular flexibility index (Phi) is 3.10. The second-order valence-electron chi connectivity index (χ2n) is 3.50. The van der Waals surface area contributed by atoms with Crippen LogP contribution in [-0.4, -0.2) is 20.7 Å². The minimum Gasteiger partial charge on any atom is -0.453 e. The number of nitrogens with zero attached hydrogens (tertiary/aromatic N) is 3. The zero-order valence-corrected chi connectivity index (χ0v) is 10.3. The first kappa shape index (κ1) is 11.6. The van der Waals surface area contributed by atoms with Crippen LogP contribution in [0.15, 0.2) is 12.4 Å². The summed E-state index contributed by atoms with van der Waals surface area (Å²) >= 11 is 1.32. The number of ether oxygens (including phenoxy) is 1. The molecule has 0 unspecified atom stereocenters. The van der Waals surface area contributed by atoms with E-state index < -0.39 is 5.97 Å². The second-order valence-corrected chi connectivity index (χ2v) is 4.75. The molecule has 7 heteroatoms. The topological polar surface area (TPSA) is 83.0 Å². The molecule has 0 spiro atoms. The number of anilines is 1. The van der Waals surface area contributed by atoms with E-state index in [0.717, 1.165) is 4.88 Å². The van der Waals surface area contributed by atoms with Gasteiger partial charge in [-0.15, -0.1) is 11.3 Å². The Hall–Kier alpha value is -1.89. The molecular weight excluding hydrogens is 240 g/mol. The first-order valence-corrected chi connectivity index (χ1v) is 5.75. The Morgan fingerprint density at radius 2 is 2.41 bits per heavy atom. The molecule has 0 atom stereocenters. The third-order valence-electron chi connectivity index (χ3n) is 2.29. The standard InChI is InChI=1S/C10H12N4O2S/c1-6-7(11)3-8(17-6)10(15)16-4-9-12-5-13-14(9)2/h3,5H,4,11H2,1-2H3. The van der Waals surface area contributed by atoms with Gasteiger partial charge in [-0.3, -0.25) is 4.68 Å². The van der Waals surface area contributed by atoms with Crippen LogP contribution in [-0.2, 0) is 18.4 Å². The molecule has 2 heterocycles. The Balaban J connectivity index is 2.00. The maximum atomic E-state index is 11.7. The van der Waals surface area contributed by atoms with Crippen LogP contribution >= 0.6 is 11.3 Å². The fourth-order valence-electron chi connectivity index (χ4n) is 1.25. The molecule has 0 saturated heterocycles. The van der Waals surface area contributed by atoms with Crippen molar-refractivity contribution in [1.29, 1.82) is 0 Å². The lowest BCUT2D eigenvalue weighted by atomic mass is 10.4. The second kappa shape index (κ2) is 4.54. The Labute approximate surface area is 102 Å². The third-order valence-corrected chi connectivity index (χ3v) is 3.34. The van der Waals surface area contributed by atoms with Gasteiger partial charge in [-0.05, 0) is 13.0 Å². The summed E-state index contributed by atoms with van der Waals surface area (Å²) < 4.78 is 6.67. The first-order valence-electron chi connectivity index (χ1n) is 4.94. The predicted octanol–water partition coefficient (Wildman–Crippen LogP) is 1.12. The number of nitrogen functional groups attached to an aromatic ring is 1. The number of carbonyl (C=O) groups excluding carboxylic acids is 1. The largest absolute Gasteiger partial charge is 0.453 e. The molecule has 0 bridgehead atoms. The molecule has 0 saturated carbocycles. The van der Waals surface area contributed by atoms with E-state index in [1.54, 1.807) is 17.8 Å². The van der Waals surface area contributed by atoms with Crippen molar-refractivity contribution < 1.29 is 9.53 Å². The van der Waals surface area contributed by atoms with Crippen LogP contribution in [0.3, 0.4) is 0 Å². The van der Waals surface area contributed by atoms with Gasteiger partial charge in [0.15, 0.2) is 12.4 Å². The van der Waals surface area contributed by atoms with E-state index in [1.807, 2.05) is 6.92 Å². The quantitative estimate of drug-likeness (QED) is 0.828. The highest BCUT2D eigenvalue weighted by Crippen LogP contribution is 2.24. The summed E-state index contributed by atoms with van der Waals surface area (Å²) in [6.07, 6.45) is 1.41. The Morgan fingerprint density at radius 1 is 1.65 bits per heavy atom. The zero-order chi connectivity index (χ0) is 12.4. The van der Waals surface area contributed by atoms with Crippen molar-refractivity contribution in [2.24, 2.45) is 7.05 Å². The Morgan fingerprint density at radius 3 is 2.94 bits per heavy atom. The number of nitrogens with two attached hydrogens (primary N) is 1. The number of rotatable bonds is 3. The van der Waals surface area contributed by atoms with E-state index >= 15 is 0 Å². The maximum Gasteiger partial charge on any atom is 0.348 e. The molecule has 0 fully saturated rings. The van der Waals surface area contributed by atoms with Crippen LogP contribution in [0.4, 0.5) is 5.69 Å². The van der Waals surface area contributed by atoms with Gasteiger partial charge >= 0.3 is 5.97 Å². The van der Waals surface area contributed by atoms with E-state index in [4.69, 9.17) is 10.5 Å². The van der Waals surface area contributed by atoms with Crippen LogP contribution in [0.2, 0.25) is 0 Å². The molecule has 0 aliphatic carbocycles. The molecule has 2 N–H and O–H groups in total. The molecule has 2 aromatic rings. The van der Waals surface area contributed by atoms with Gasteiger partial charge in [0.25, 0.3) is 0 Å². The average molecular weight is 252 g/mol. The molecule has 2 aromatic heterocycles. The highest BCUT2D eigenvalue weighted by atomic mass is 32.1. The van der Waals surface area contributed by atoms with Gasteiger partial charge in [-0.25, -0.2) is 9.78 Å². The van der Waals surface area contributed by atoms with Crippen LogP contribution < -0.4 is 5.73 Å². The van der Waals surface area contributed by atoms with Gasteiger partial charge < -0.3 is 10.5 Å². The highest BCUT2D eigenvalue weighted by molar-refractivity contribution is 7.14. The summed E-state index contributed by atoms with van der Waals surface area (Å²) in [5, 5.41) is 3.88. The van der Waals surface area contributed by atoms with E-state index in [0.29, 0.717) is 16.4 Å². The number of hydrogen-bond acceptors (Lipinski definition) is 6. The number of hydrogen-bond donors (Lipinski definition) is 1. The van der Waals surface area contributed by atoms with Crippen LogP contribution in [0.1, 0.15) is 20.4 Å². The van der Waals surface area contributed by atoms with Gasteiger partial charge in [0.2, 0.25) is 0 Å². The molecule has 0 aromatic carbocycles. The van der Waals surface area contributed by atoms with E-state index in [2.05, 4.69) is 10.1 Å². The minimum absolute atomic E-state index is 0.103. The Bertz CT molecular complexity index is 527. The number of aryl methyl sites for hydroxylation is 2. The van der Waals surface area contributed by atoms with E-state index in [-0.39, 0.29) is 6.61 Å². The number of esters is 1. The monoisotopic (exact) mass is 252 g/mol. The number of aromatic nitrogens is 3. The molecule has 0 amide bonds. The lowest BCUT2D eigenvalue weighted by Gasteiger charge is -2.01. The van der Waals surface area contributed by atoms with Crippen molar-refractivity contribution in [1.82, 2.24) is 14.8 Å². The molecule has 90 valence electrons. The molecule has 0 radical (unpaired) electrons. The SMILES string of the molecule is Cc1sc(C(=O)OCc2ncnn2C)cc1N. The van der Waals surface area contributed by atoms with Crippen molar-refractivity contribution >= 4 is 23.0 Å². The first-order chi connectivity index (χ1) is 8.08. The summed E-state index contributed by atoms with van der Waals surface area (Å²) in [4.78, 5) is 17.1. The zero-order valence-electron chi connectivity index (χ0n) is 9.51. The number of carbonyl (C=O) groups is 1. The van der Waals surface area contributed by atoms with E-state index in [9.17, 15) is 4.79 Å². The van der Waals surface area contributed by atoms with Gasteiger partial charge in [0.05, 0.1) is 0 Å². The number of thiophene rings is 1. The average Bonchev–Trinajstić information content (AvgIpc) is 2.83. The predicted molar refractivity (Wildman–Crippen MR) is 63.6 cm³/mol. The normalized spacial score (nSPS) is 10.5. The van der Waals surface area contributed by atoms with Crippen molar-refractivity contribution in [2.45, 2.75) is 13.5 Å². The summed E-state index contributed by atoms with van der Waals surface area (Å²) in [6.45, 7) is 1.96. The van der Waals surface area contributed by atoms with Gasteiger partial charge in [0.1, 0.15) is 11.2 Å². The van der Waals surface area contributed by atoms with E-state index in [1.165, 1.54) is 17.7 Å².